The van der Waals surface area contributed by atoms with Gasteiger partial charge in [-0.25, -0.2) is 17.8 Å². The average Bonchev–Trinajstić information content (AvgIpc) is 3.23. The fourth-order valence-electron chi connectivity index (χ4n) is 3.28. The SMILES string of the molecule is N#Cc1cccc(CS(=O)(=O)NCc2cn(-c3ccccc3)nc2-c2ccccc2)c1. The van der Waals surface area contributed by atoms with Crippen LogP contribution in [-0.4, -0.2) is 18.2 Å². The average molecular weight is 429 g/mol. The minimum absolute atomic E-state index is 0.108. The van der Waals surface area contributed by atoms with Crippen LogP contribution in [-0.2, 0) is 22.3 Å². The van der Waals surface area contributed by atoms with Gasteiger partial charge < -0.3 is 0 Å². The van der Waals surface area contributed by atoms with E-state index in [1.165, 1.54) is 0 Å². The minimum Gasteiger partial charge on any atom is -0.240 e. The van der Waals surface area contributed by atoms with Crippen LogP contribution >= 0.6 is 0 Å². The molecule has 4 rings (SSSR count). The van der Waals surface area contributed by atoms with Crippen LogP contribution < -0.4 is 4.72 Å². The van der Waals surface area contributed by atoms with Gasteiger partial charge in [-0.2, -0.15) is 10.4 Å². The van der Waals surface area contributed by atoms with Crippen molar-refractivity contribution in [3.63, 3.8) is 0 Å². The number of nitriles is 1. The van der Waals surface area contributed by atoms with E-state index in [1.54, 1.807) is 28.9 Å². The summed E-state index contributed by atoms with van der Waals surface area (Å²) in [6.07, 6.45) is 1.84. The monoisotopic (exact) mass is 428 g/mol. The van der Waals surface area contributed by atoms with Crippen LogP contribution in [0, 0.1) is 11.3 Å². The first-order valence-corrected chi connectivity index (χ1v) is 11.3. The third-order valence-electron chi connectivity index (χ3n) is 4.75. The van der Waals surface area contributed by atoms with Gasteiger partial charge in [0.2, 0.25) is 10.0 Å². The molecule has 0 aliphatic carbocycles. The Balaban J connectivity index is 1.60. The van der Waals surface area contributed by atoms with Crippen LogP contribution in [0.3, 0.4) is 0 Å². The van der Waals surface area contributed by atoms with Gasteiger partial charge in [0.15, 0.2) is 0 Å². The molecular weight excluding hydrogens is 408 g/mol. The fraction of sp³-hybridized carbons (Fsp3) is 0.0833. The normalized spacial score (nSPS) is 11.2. The van der Waals surface area contributed by atoms with E-state index in [4.69, 9.17) is 10.4 Å². The van der Waals surface area contributed by atoms with Gasteiger partial charge in [-0.1, -0.05) is 60.7 Å². The maximum atomic E-state index is 12.7. The van der Waals surface area contributed by atoms with Crippen molar-refractivity contribution in [3.8, 4) is 23.0 Å². The number of hydrogen-bond donors (Lipinski definition) is 1. The Hall–Kier alpha value is -3.73. The molecule has 31 heavy (non-hydrogen) atoms. The molecular formula is C24H20N4O2S. The number of sulfonamides is 1. The van der Waals surface area contributed by atoms with Crippen molar-refractivity contribution >= 4 is 10.0 Å². The summed E-state index contributed by atoms with van der Waals surface area (Å²) in [6.45, 7) is 0.108. The standard InChI is InChI=1S/C24H20N4O2S/c25-15-19-8-7-9-20(14-19)18-31(29,30)26-16-22-17-28(23-12-5-2-6-13-23)27-24(22)21-10-3-1-4-11-21/h1-14,17,26H,16,18H2. The second-order valence-electron chi connectivity index (χ2n) is 7.04. The third-order valence-corrected chi connectivity index (χ3v) is 6.05. The van der Waals surface area contributed by atoms with E-state index in [2.05, 4.69) is 4.72 Å². The van der Waals surface area contributed by atoms with Gasteiger partial charge in [0.05, 0.1) is 28.8 Å². The topological polar surface area (TPSA) is 87.8 Å². The maximum absolute atomic E-state index is 12.7. The van der Waals surface area contributed by atoms with Crippen molar-refractivity contribution < 1.29 is 8.42 Å². The van der Waals surface area contributed by atoms with Crippen LogP contribution in [0.25, 0.3) is 16.9 Å². The molecule has 6 nitrogen and oxygen atoms in total. The summed E-state index contributed by atoms with van der Waals surface area (Å²) in [6, 6.07) is 28.0. The molecule has 0 aliphatic rings. The molecule has 0 saturated carbocycles. The summed E-state index contributed by atoms with van der Waals surface area (Å²) in [5.74, 6) is -0.198. The molecule has 1 aromatic heterocycles. The first kappa shape index (κ1) is 20.5. The lowest BCUT2D eigenvalue weighted by Gasteiger charge is -2.07. The number of rotatable bonds is 7. The predicted molar refractivity (Wildman–Crippen MR) is 120 cm³/mol. The van der Waals surface area contributed by atoms with Gasteiger partial charge >= 0.3 is 0 Å². The van der Waals surface area contributed by atoms with Crippen molar-refractivity contribution in [2.75, 3.05) is 0 Å². The molecule has 0 unspecified atom stereocenters. The molecule has 1 heterocycles. The zero-order valence-electron chi connectivity index (χ0n) is 16.6. The lowest BCUT2D eigenvalue weighted by molar-refractivity contribution is 0.580. The summed E-state index contributed by atoms with van der Waals surface area (Å²) in [4.78, 5) is 0. The second kappa shape index (κ2) is 8.96. The lowest BCUT2D eigenvalue weighted by Crippen LogP contribution is -2.24. The highest BCUT2D eigenvalue weighted by molar-refractivity contribution is 7.88. The van der Waals surface area contributed by atoms with Gasteiger partial charge in [-0.15, -0.1) is 0 Å². The van der Waals surface area contributed by atoms with Crippen LogP contribution in [0.1, 0.15) is 16.7 Å². The van der Waals surface area contributed by atoms with E-state index >= 15 is 0 Å². The van der Waals surface area contributed by atoms with Gasteiger partial charge in [-0.3, -0.25) is 0 Å². The molecule has 154 valence electrons. The zero-order valence-corrected chi connectivity index (χ0v) is 17.5. The van der Waals surface area contributed by atoms with Crippen molar-refractivity contribution in [1.29, 1.82) is 5.26 Å². The van der Waals surface area contributed by atoms with Crippen molar-refractivity contribution in [1.82, 2.24) is 14.5 Å². The van der Waals surface area contributed by atoms with Gasteiger partial charge in [0.25, 0.3) is 0 Å². The summed E-state index contributed by atoms with van der Waals surface area (Å²) >= 11 is 0. The number of hydrogen-bond acceptors (Lipinski definition) is 4. The van der Waals surface area contributed by atoms with E-state index in [-0.39, 0.29) is 12.3 Å². The van der Waals surface area contributed by atoms with Crippen molar-refractivity contribution in [3.05, 3.63) is 108 Å². The Bertz CT molecular complexity index is 1330. The number of benzene rings is 3. The van der Waals surface area contributed by atoms with Crippen LogP contribution in [0.5, 0.6) is 0 Å². The first-order chi connectivity index (χ1) is 15.0. The molecule has 0 bridgehead atoms. The zero-order chi connectivity index (χ0) is 21.7. The molecule has 4 aromatic rings. The molecule has 0 saturated heterocycles. The Kier molecular flexibility index (Phi) is 5.94. The molecule has 7 heteroatoms. The molecule has 0 aliphatic heterocycles. The highest BCUT2D eigenvalue weighted by Gasteiger charge is 2.16. The highest BCUT2D eigenvalue weighted by atomic mass is 32.2. The molecule has 0 radical (unpaired) electrons. The maximum Gasteiger partial charge on any atom is 0.216 e. The Labute approximate surface area is 181 Å². The number of aromatic nitrogens is 2. The molecule has 0 amide bonds. The van der Waals surface area contributed by atoms with Crippen LogP contribution in [0.2, 0.25) is 0 Å². The first-order valence-electron chi connectivity index (χ1n) is 9.70. The summed E-state index contributed by atoms with van der Waals surface area (Å²) in [5.41, 5.74) is 4.29. The largest absolute Gasteiger partial charge is 0.240 e. The number of para-hydroxylation sites is 1. The molecule has 0 fully saturated rings. The van der Waals surface area contributed by atoms with E-state index in [1.807, 2.05) is 72.9 Å². The number of nitrogens with zero attached hydrogens (tertiary/aromatic N) is 3. The molecule has 3 aromatic carbocycles. The lowest BCUT2D eigenvalue weighted by atomic mass is 10.1. The van der Waals surface area contributed by atoms with Crippen LogP contribution in [0.15, 0.2) is 91.1 Å². The van der Waals surface area contributed by atoms with Crippen molar-refractivity contribution in [2.45, 2.75) is 12.3 Å². The summed E-state index contributed by atoms with van der Waals surface area (Å²) in [7, 11) is -3.61. The molecule has 0 spiro atoms. The number of nitrogens with one attached hydrogen (secondary N) is 1. The summed E-state index contributed by atoms with van der Waals surface area (Å²) in [5, 5.41) is 13.7. The quantitative estimate of drug-likeness (QED) is 0.481. The minimum atomic E-state index is -3.61. The van der Waals surface area contributed by atoms with Crippen molar-refractivity contribution in [2.24, 2.45) is 0 Å². The van der Waals surface area contributed by atoms with Gasteiger partial charge in [0.1, 0.15) is 0 Å². The van der Waals surface area contributed by atoms with E-state index < -0.39 is 10.0 Å². The molecule has 0 atom stereocenters. The Morgan fingerprint density at radius 2 is 1.65 bits per heavy atom. The van der Waals surface area contributed by atoms with Gasteiger partial charge in [-0.05, 0) is 29.8 Å². The summed E-state index contributed by atoms with van der Waals surface area (Å²) < 4.78 is 29.8. The molecule has 1 N–H and O–H groups in total. The Morgan fingerprint density at radius 1 is 0.935 bits per heavy atom. The van der Waals surface area contributed by atoms with Crippen LogP contribution in [0.4, 0.5) is 0 Å². The third kappa shape index (κ3) is 5.07. The smallest absolute Gasteiger partial charge is 0.216 e. The highest BCUT2D eigenvalue weighted by Crippen LogP contribution is 2.24. The Morgan fingerprint density at radius 3 is 2.35 bits per heavy atom. The fourth-order valence-corrected chi connectivity index (χ4v) is 4.38. The second-order valence-corrected chi connectivity index (χ2v) is 8.85. The van der Waals surface area contributed by atoms with Gasteiger partial charge in [0, 0.05) is 23.9 Å². The van der Waals surface area contributed by atoms with E-state index in [9.17, 15) is 8.42 Å². The van der Waals surface area contributed by atoms with E-state index in [0.717, 1.165) is 22.5 Å². The van der Waals surface area contributed by atoms with E-state index in [0.29, 0.717) is 11.1 Å². The predicted octanol–water partition coefficient (Wildman–Crippen LogP) is 4.03.